The summed E-state index contributed by atoms with van der Waals surface area (Å²) in [5.41, 5.74) is 6.73. The highest BCUT2D eigenvalue weighted by molar-refractivity contribution is 6.31. The fraction of sp³-hybridized carbons (Fsp3) is 0.267. The van der Waals surface area contributed by atoms with Crippen LogP contribution in [0.25, 0.3) is 0 Å². The lowest BCUT2D eigenvalue weighted by Gasteiger charge is -2.25. The van der Waals surface area contributed by atoms with Gasteiger partial charge in [-0.3, -0.25) is 4.79 Å². The Morgan fingerprint density at radius 3 is 2.64 bits per heavy atom. The van der Waals surface area contributed by atoms with Gasteiger partial charge in [-0.05, 0) is 25.7 Å². The molecule has 0 aliphatic carbocycles. The molecular formula is C15H18ClN5O. The van der Waals surface area contributed by atoms with Gasteiger partial charge in [-0.1, -0.05) is 29.8 Å². The van der Waals surface area contributed by atoms with E-state index < -0.39 is 0 Å². The SMILES string of the molecule is CN(C)C(CNC(=O)c1nccnc1N)c1ccccc1Cl. The molecular weight excluding hydrogens is 302 g/mol. The van der Waals surface area contributed by atoms with E-state index in [-0.39, 0.29) is 23.5 Å². The van der Waals surface area contributed by atoms with Crippen molar-refractivity contribution in [3.05, 3.63) is 52.9 Å². The number of rotatable bonds is 5. The third kappa shape index (κ3) is 3.72. The molecule has 116 valence electrons. The summed E-state index contributed by atoms with van der Waals surface area (Å²) in [5.74, 6) is -0.247. The van der Waals surface area contributed by atoms with Gasteiger partial charge in [-0.15, -0.1) is 0 Å². The Labute approximate surface area is 134 Å². The van der Waals surface area contributed by atoms with Crippen LogP contribution in [0.2, 0.25) is 5.02 Å². The average molecular weight is 320 g/mol. The van der Waals surface area contributed by atoms with Crippen LogP contribution in [0.5, 0.6) is 0 Å². The maximum Gasteiger partial charge on any atom is 0.273 e. The number of hydrogen-bond acceptors (Lipinski definition) is 5. The fourth-order valence-corrected chi connectivity index (χ4v) is 2.37. The van der Waals surface area contributed by atoms with Crippen LogP contribution < -0.4 is 11.1 Å². The van der Waals surface area contributed by atoms with Gasteiger partial charge in [0.15, 0.2) is 11.5 Å². The zero-order chi connectivity index (χ0) is 16.1. The van der Waals surface area contributed by atoms with Gasteiger partial charge in [-0.25, -0.2) is 9.97 Å². The van der Waals surface area contributed by atoms with Gasteiger partial charge in [0.25, 0.3) is 5.91 Å². The smallest absolute Gasteiger partial charge is 0.273 e. The Hall–Kier alpha value is -2.18. The van der Waals surface area contributed by atoms with Crippen molar-refractivity contribution >= 4 is 23.3 Å². The van der Waals surface area contributed by atoms with Crippen molar-refractivity contribution in [1.82, 2.24) is 20.2 Å². The normalized spacial score (nSPS) is 12.2. The summed E-state index contributed by atoms with van der Waals surface area (Å²) in [5, 5.41) is 3.49. The Balaban J connectivity index is 2.12. The lowest BCUT2D eigenvalue weighted by Crippen LogP contribution is -2.35. The standard InChI is InChI=1S/C15H18ClN5O/c1-21(2)12(10-5-3-4-6-11(10)16)9-20-15(22)13-14(17)19-8-7-18-13/h3-8,12H,9H2,1-2H3,(H2,17,19)(H,20,22). The van der Waals surface area contributed by atoms with E-state index in [2.05, 4.69) is 15.3 Å². The molecule has 1 aromatic carbocycles. The number of anilines is 1. The molecule has 7 heteroatoms. The van der Waals surface area contributed by atoms with Crippen LogP contribution in [0.15, 0.2) is 36.7 Å². The molecule has 1 amide bonds. The molecule has 0 saturated heterocycles. The zero-order valence-corrected chi connectivity index (χ0v) is 13.2. The number of carbonyl (C=O) groups is 1. The van der Waals surface area contributed by atoms with Crippen LogP contribution >= 0.6 is 11.6 Å². The van der Waals surface area contributed by atoms with Gasteiger partial charge in [0, 0.05) is 24.0 Å². The molecule has 0 bridgehead atoms. The number of benzene rings is 1. The number of nitrogens with two attached hydrogens (primary N) is 1. The molecule has 0 aliphatic heterocycles. The molecule has 2 rings (SSSR count). The van der Waals surface area contributed by atoms with Crippen molar-refractivity contribution < 1.29 is 4.79 Å². The Bertz CT molecular complexity index is 662. The van der Waals surface area contributed by atoms with Crippen LogP contribution in [0, 0.1) is 0 Å². The summed E-state index contributed by atoms with van der Waals surface area (Å²) in [6, 6.07) is 7.50. The third-order valence-corrected chi connectivity index (χ3v) is 3.63. The second-order valence-corrected chi connectivity index (χ2v) is 5.41. The highest BCUT2D eigenvalue weighted by atomic mass is 35.5. The van der Waals surface area contributed by atoms with Crippen molar-refractivity contribution in [2.45, 2.75) is 6.04 Å². The minimum absolute atomic E-state index is 0.0597. The first-order chi connectivity index (χ1) is 10.5. The van der Waals surface area contributed by atoms with Crippen molar-refractivity contribution in [2.24, 2.45) is 0 Å². The summed E-state index contributed by atoms with van der Waals surface area (Å²) < 4.78 is 0. The number of nitrogen functional groups attached to an aromatic ring is 1. The van der Waals surface area contributed by atoms with Crippen LogP contribution in [-0.2, 0) is 0 Å². The predicted molar refractivity (Wildman–Crippen MR) is 86.7 cm³/mol. The van der Waals surface area contributed by atoms with Gasteiger partial charge in [0.2, 0.25) is 0 Å². The average Bonchev–Trinajstić information content (AvgIpc) is 2.49. The Kier molecular flexibility index (Phi) is 5.30. The number of halogens is 1. The zero-order valence-electron chi connectivity index (χ0n) is 12.5. The molecule has 0 radical (unpaired) electrons. The Morgan fingerprint density at radius 2 is 2.00 bits per heavy atom. The molecule has 0 spiro atoms. The van der Waals surface area contributed by atoms with E-state index in [1.807, 2.05) is 43.3 Å². The number of amides is 1. The summed E-state index contributed by atoms with van der Waals surface area (Å²) in [4.78, 5) is 22.0. The summed E-state index contributed by atoms with van der Waals surface area (Å²) in [6.45, 7) is 0.381. The van der Waals surface area contributed by atoms with E-state index in [9.17, 15) is 4.79 Å². The van der Waals surface area contributed by atoms with Gasteiger partial charge in [-0.2, -0.15) is 0 Å². The molecule has 2 aromatic rings. The van der Waals surface area contributed by atoms with E-state index in [0.29, 0.717) is 11.6 Å². The van der Waals surface area contributed by atoms with Crippen LogP contribution in [-0.4, -0.2) is 41.4 Å². The third-order valence-electron chi connectivity index (χ3n) is 3.29. The van der Waals surface area contributed by atoms with Crippen molar-refractivity contribution in [3.8, 4) is 0 Å². The molecule has 3 N–H and O–H groups in total. The van der Waals surface area contributed by atoms with E-state index >= 15 is 0 Å². The monoisotopic (exact) mass is 319 g/mol. The molecule has 0 saturated carbocycles. The number of nitrogens with zero attached hydrogens (tertiary/aromatic N) is 3. The highest BCUT2D eigenvalue weighted by Crippen LogP contribution is 2.25. The summed E-state index contributed by atoms with van der Waals surface area (Å²) in [6.07, 6.45) is 2.88. The molecule has 1 unspecified atom stereocenters. The fourth-order valence-electron chi connectivity index (χ4n) is 2.11. The quantitative estimate of drug-likeness (QED) is 0.877. The van der Waals surface area contributed by atoms with Crippen LogP contribution in [0.1, 0.15) is 22.1 Å². The van der Waals surface area contributed by atoms with Crippen molar-refractivity contribution in [2.75, 3.05) is 26.4 Å². The summed E-state index contributed by atoms with van der Waals surface area (Å²) >= 11 is 6.24. The van der Waals surface area contributed by atoms with E-state index in [1.54, 1.807) is 0 Å². The van der Waals surface area contributed by atoms with E-state index in [4.69, 9.17) is 17.3 Å². The van der Waals surface area contributed by atoms with Crippen molar-refractivity contribution in [3.63, 3.8) is 0 Å². The highest BCUT2D eigenvalue weighted by Gasteiger charge is 2.19. The largest absolute Gasteiger partial charge is 0.382 e. The number of nitrogens with one attached hydrogen (secondary N) is 1. The van der Waals surface area contributed by atoms with Gasteiger partial charge in [0.1, 0.15) is 0 Å². The molecule has 0 fully saturated rings. The molecule has 1 atom stereocenters. The topological polar surface area (TPSA) is 84.1 Å². The van der Waals surface area contributed by atoms with Crippen LogP contribution in [0.3, 0.4) is 0 Å². The van der Waals surface area contributed by atoms with Gasteiger partial charge < -0.3 is 16.0 Å². The molecule has 1 aromatic heterocycles. The first-order valence-electron chi connectivity index (χ1n) is 6.76. The molecule has 1 heterocycles. The lowest BCUT2D eigenvalue weighted by molar-refractivity contribution is 0.0937. The van der Waals surface area contributed by atoms with Crippen molar-refractivity contribution in [1.29, 1.82) is 0 Å². The number of likely N-dealkylation sites (N-methyl/N-ethyl adjacent to an activating group) is 1. The second-order valence-electron chi connectivity index (χ2n) is 5.00. The molecule has 0 aliphatic rings. The molecule has 22 heavy (non-hydrogen) atoms. The molecule has 6 nitrogen and oxygen atoms in total. The second kappa shape index (κ2) is 7.20. The maximum atomic E-state index is 12.2. The summed E-state index contributed by atoms with van der Waals surface area (Å²) in [7, 11) is 3.85. The van der Waals surface area contributed by atoms with Gasteiger partial charge >= 0.3 is 0 Å². The van der Waals surface area contributed by atoms with E-state index in [1.165, 1.54) is 12.4 Å². The van der Waals surface area contributed by atoms with Crippen LogP contribution in [0.4, 0.5) is 5.82 Å². The number of hydrogen-bond donors (Lipinski definition) is 2. The number of aromatic nitrogens is 2. The first kappa shape index (κ1) is 16.2. The van der Waals surface area contributed by atoms with E-state index in [0.717, 1.165) is 5.56 Å². The Morgan fingerprint density at radius 1 is 1.32 bits per heavy atom. The van der Waals surface area contributed by atoms with Gasteiger partial charge in [0.05, 0.1) is 6.04 Å². The maximum absolute atomic E-state index is 12.2. The minimum Gasteiger partial charge on any atom is -0.382 e. The first-order valence-corrected chi connectivity index (χ1v) is 7.14. The lowest BCUT2D eigenvalue weighted by atomic mass is 10.1. The predicted octanol–water partition coefficient (Wildman–Crippen LogP) is 1.74. The number of carbonyl (C=O) groups excluding carboxylic acids is 1. The minimum atomic E-state index is -0.357.